The Morgan fingerprint density at radius 1 is 1.27 bits per heavy atom. The molecule has 1 aliphatic carbocycles. The molecule has 0 bridgehead atoms. The van der Waals surface area contributed by atoms with Crippen LogP contribution in [0, 0.1) is 5.41 Å². The minimum absolute atomic E-state index is 0.0564. The number of benzene rings is 1. The van der Waals surface area contributed by atoms with E-state index in [1.54, 1.807) is 12.1 Å². The number of amides is 2. The normalized spacial score (nSPS) is 24.8. The summed E-state index contributed by atoms with van der Waals surface area (Å²) in [6.07, 6.45) is 2.08. The molecule has 2 aliphatic heterocycles. The molecule has 1 saturated carbocycles. The van der Waals surface area contributed by atoms with Crippen molar-refractivity contribution in [2.75, 3.05) is 5.73 Å². The number of thiazole rings is 1. The number of anilines is 1. The van der Waals surface area contributed by atoms with Gasteiger partial charge in [-0.05, 0) is 76.6 Å². The number of nitrogens with two attached hydrogens (primary N) is 2. The number of fused-ring (bicyclic) bond motifs is 1. The van der Waals surface area contributed by atoms with Gasteiger partial charge in [-0.3, -0.25) is 19.6 Å². The number of hydrogen-bond donors (Lipinski definition) is 7. The molecule has 3 aliphatic rings. The summed E-state index contributed by atoms with van der Waals surface area (Å²) in [6, 6.07) is 4.07. The maximum Gasteiger partial charge on any atom is 0.418 e. The predicted octanol–water partition coefficient (Wildman–Crippen LogP) is 0.318. The van der Waals surface area contributed by atoms with Gasteiger partial charge in [0, 0.05) is 23.0 Å². The van der Waals surface area contributed by atoms with Gasteiger partial charge in [0.25, 0.3) is 17.4 Å². The quantitative estimate of drug-likeness (QED) is 0.0544. The molecule has 2 aromatic rings. The van der Waals surface area contributed by atoms with Crippen LogP contribution < -0.4 is 26.8 Å². The fourth-order valence-electron chi connectivity index (χ4n) is 5.76. The molecule has 260 valence electrons. The number of carbonyl (C=O) groups is 3. The molecule has 9 N–H and O–H groups in total. The van der Waals surface area contributed by atoms with Crippen LogP contribution in [0.25, 0.3) is 0 Å². The molecular formula is C28H36N8O10S2. The number of carboxylic acid groups (broad SMARTS) is 1. The molecule has 3 heterocycles. The number of nitrogens with one attached hydrogen (secondary N) is 3. The molecule has 1 aromatic carbocycles. The van der Waals surface area contributed by atoms with Gasteiger partial charge in [0.15, 0.2) is 16.9 Å². The highest BCUT2D eigenvalue weighted by Crippen LogP contribution is 2.35. The molecule has 1 aromatic heterocycles. The molecule has 2 fully saturated rings. The van der Waals surface area contributed by atoms with Crippen molar-refractivity contribution < 1.29 is 46.3 Å². The Morgan fingerprint density at radius 3 is 2.58 bits per heavy atom. The molecule has 18 nitrogen and oxygen atoms in total. The fourth-order valence-corrected chi connectivity index (χ4v) is 6.76. The predicted molar refractivity (Wildman–Crippen MR) is 170 cm³/mol. The second-order valence-corrected chi connectivity index (χ2v) is 14.4. The van der Waals surface area contributed by atoms with E-state index in [-0.39, 0.29) is 35.2 Å². The van der Waals surface area contributed by atoms with Gasteiger partial charge in [0.1, 0.15) is 23.3 Å². The molecule has 2 amide bonds. The largest absolute Gasteiger partial charge is 0.485 e. The lowest BCUT2D eigenvalue weighted by atomic mass is 9.84. The molecular weight excluding hydrogens is 672 g/mol. The van der Waals surface area contributed by atoms with Gasteiger partial charge in [-0.2, -0.15) is 13.5 Å². The number of carbonyl (C=O) groups excluding carboxylic acids is 2. The molecule has 5 atom stereocenters. The third-order valence-electron chi connectivity index (χ3n) is 8.58. The minimum Gasteiger partial charge on any atom is -0.485 e. The summed E-state index contributed by atoms with van der Waals surface area (Å²) in [5.41, 5.74) is 8.99. The van der Waals surface area contributed by atoms with Gasteiger partial charge in [0.2, 0.25) is 0 Å². The highest BCUT2D eigenvalue weighted by atomic mass is 32.3. The Labute approximate surface area is 279 Å². The lowest BCUT2D eigenvalue weighted by Crippen LogP contribution is -2.76. The number of aromatic nitrogens is 1. The van der Waals surface area contributed by atoms with E-state index >= 15 is 0 Å². The van der Waals surface area contributed by atoms with E-state index in [4.69, 9.17) is 31.0 Å². The van der Waals surface area contributed by atoms with Crippen LogP contribution in [-0.4, -0.2) is 92.8 Å². The number of hydrogen-bond acceptors (Lipinski definition) is 14. The second kappa shape index (κ2) is 12.9. The topological polar surface area (TPSA) is 282 Å². The molecule has 1 saturated heterocycles. The number of carboxylic acids is 1. The second-order valence-electron chi connectivity index (χ2n) is 12.5. The van der Waals surface area contributed by atoms with Crippen molar-refractivity contribution in [1.82, 2.24) is 20.7 Å². The number of ether oxygens (including phenoxy) is 1. The summed E-state index contributed by atoms with van der Waals surface area (Å²) < 4.78 is 41.7. The van der Waals surface area contributed by atoms with E-state index in [1.165, 1.54) is 26.2 Å². The average Bonchev–Trinajstić information content (AvgIpc) is 3.64. The number of aryl methyl sites for hydroxylation is 1. The van der Waals surface area contributed by atoms with E-state index in [2.05, 4.69) is 25.1 Å². The SMILES string of the molecule is CC1(C)[C@H](NC(=O)/C(=N\O[C@](C)(C(=O)O)[C@H]2CCc3cc(C(=N)N[C@H]4CC[C@H](N)C4)ccc3O2)c2csc(N)n2)C(=O)N1OS(=O)(=O)O. The first-order valence-electron chi connectivity index (χ1n) is 14.8. The van der Waals surface area contributed by atoms with E-state index < -0.39 is 57.2 Å². The minimum atomic E-state index is -5.03. The monoisotopic (exact) mass is 708 g/mol. The molecule has 0 radical (unpaired) electrons. The van der Waals surface area contributed by atoms with Crippen LogP contribution in [0.15, 0.2) is 28.7 Å². The summed E-state index contributed by atoms with van der Waals surface area (Å²) in [4.78, 5) is 48.3. The van der Waals surface area contributed by atoms with Crippen molar-refractivity contribution in [3.05, 3.63) is 40.4 Å². The Kier molecular flexibility index (Phi) is 9.40. The lowest BCUT2D eigenvalue weighted by Gasteiger charge is -2.50. The van der Waals surface area contributed by atoms with E-state index in [1.807, 2.05) is 6.07 Å². The number of rotatable bonds is 11. The van der Waals surface area contributed by atoms with E-state index in [0.29, 0.717) is 22.8 Å². The van der Waals surface area contributed by atoms with Crippen LogP contribution in [0.4, 0.5) is 5.13 Å². The summed E-state index contributed by atoms with van der Waals surface area (Å²) in [5, 5.41) is 30.1. The third kappa shape index (κ3) is 7.06. The van der Waals surface area contributed by atoms with Crippen LogP contribution in [0.2, 0.25) is 0 Å². The highest BCUT2D eigenvalue weighted by Gasteiger charge is 2.58. The Bertz CT molecular complexity index is 1780. The molecule has 20 heteroatoms. The maximum atomic E-state index is 13.4. The average molecular weight is 709 g/mol. The van der Waals surface area contributed by atoms with Gasteiger partial charge < -0.3 is 36.8 Å². The highest BCUT2D eigenvalue weighted by molar-refractivity contribution is 7.80. The molecule has 5 rings (SSSR count). The molecule has 0 unspecified atom stereocenters. The van der Waals surface area contributed by atoms with Crippen molar-refractivity contribution in [1.29, 1.82) is 5.41 Å². The molecule has 0 spiro atoms. The number of hydroxylamine groups is 2. The standard InChI is InChI=1S/C28H36N8O10S2/c1-27(2)21(24(38)36(27)46-48(41,42)43)34-23(37)20(17-12-47-26(31)33-17)35-45-28(3,25(39)40)19-9-5-13-10-14(4-8-18(13)44-19)22(30)32-16-7-6-15(29)11-16/h4,8,10,12,15-16,19,21H,5-7,9,11,29H2,1-3H3,(H2,30,32)(H2,31,33)(H,34,37)(H,39,40)(H,41,42,43)/b35-20-/t15-,16-,19+,21+,28-/m0/s1. The van der Waals surface area contributed by atoms with Crippen molar-refractivity contribution in [2.24, 2.45) is 10.9 Å². The van der Waals surface area contributed by atoms with Gasteiger partial charge in [-0.15, -0.1) is 15.6 Å². The summed E-state index contributed by atoms with van der Waals surface area (Å²) in [7, 11) is -5.03. The number of nitrogens with zero attached hydrogens (tertiary/aromatic N) is 3. The number of nitrogen functional groups attached to an aromatic ring is 1. The Morgan fingerprint density at radius 2 is 2.00 bits per heavy atom. The zero-order chi connectivity index (χ0) is 35.2. The van der Waals surface area contributed by atoms with Crippen molar-refractivity contribution >= 4 is 56.2 Å². The first-order valence-corrected chi connectivity index (χ1v) is 17.1. The Balaban J connectivity index is 1.33. The zero-order valence-electron chi connectivity index (χ0n) is 26.1. The van der Waals surface area contributed by atoms with Gasteiger partial charge >= 0.3 is 16.4 Å². The fraction of sp³-hybridized carbons (Fsp3) is 0.500. The van der Waals surface area contributed by atoms with Gasteiger partial charge in [-0.25, -0.2) is 9.78 Å². The van der Waals surface area contributed by atoms with E-state index in [9.17, 15) is 27.9 Å². The molecule has 48 heavy (non-hydrogen) atoms. The third-order valence-corrected chi connectivity index (χ3v) is 9.59. The van der Waals surface area contributed by atoms with Crippen LogP contribution >= 0.6 is 11.3 Å². The first kappa shape index (κ1) is 35.0. The summed E-state index contributed by atoms with van der Waals surface area (Å²) in [5.74, 6) is -2.80. The first-order chi connectivity index (χ1) is 22.4. The van der Waals surface area contributed by atoms with Crippen LogP contribution in [0.5, 0.6) is 5.75 Å². The maximum absolute atomic E-state index is 13.4. The smallest absolute Gasteiger partial charge is 0.418 e. The number of amidine groups is 1. The van der Waals surface area contributed by atoms with Gasteiger partial charge in [-0.1, -0.05) is 5.16 Å². The van der Waals surface area contributed by atoms with Crippen molar-refractivity contribution in [3.63, 3.8) is 0 Å². The Hall–Kier alpha value is -4.37. The zero-order valence-corrected chi connectivity index (χ0v) is 27.8. The van der Waals surface area contributed by atoms with Crippen LogP contribution in [-0.2, 0) is 40.3 Å². The summed E-state index contributed by atoms with van der Waals surface area (Å²) in [6.45, 7) is 3.97. The van der Waals surface area contributed by atoms with Crippen LogP contribution in [0.3, 0.4) is 0 Å². The summed E-state index contributed by atoms with van der Waals surface area (Å²) >= 11 is 0.962. The number of β-lactam (4-membered cyclic amide) rings is 1. The lowest BCUT2D eigenvalue weighted by molar-refractivity contribution is -0.218. The van der Waals surface area contributed by atoms with Crippen molar-refractivity contribution in [2.45, 2.75) is 88.2 Å². The van der Waals surface area contributed by atoms with E-state index in [0.717, 1.165) is 36.2 Å². The number of oxime groups is 1. The van der Waals surface area contributed by atoms with Crippen molar-refractivity contribution in [3.8, 4) is 5.75 Å². The van der Waals surface area contributed by atoms with Crippen LogP contribution in [0.1, 0.15) is 63.3 Å². The number of aliphatic carboxylic acids is 1. The van der Waals surface area contributed by atoms with Gasteiger partial charge in [0.05, 0.1) is 5.54 Å².